The van der Waals surface area contributed by atoms with E-state index in [1.165, 1.54) is 6.26 Å². The zero-order chi connectivity index (χ0) is 17.3. The van der Waals surface area contributed by atoms with Crippen molar-refractivity contribution in [1.82, 2.24) is 9.88 Å². The third kappa shape index (κ3) is 3.84. The molecule has 1 fully saturated rings. The van der Waals surface area contributed by atoms with Crippen LogP contribution in [-0.2, 0) is 9.84 Å². The molecule has 0 bridgehead atoms. The number of amides is 2. The standard InChI is InChI=1S/C17H21N3O3S/c1-12-6-7-14-4-3-5-15(16(14)18-12)19-17(21)20-9-8-13(10-20)11-24(2,22)23/h3-7,13H,8-11H2,1-2H3,(H,19,21). The monoisotopic (exact) mass is 347 g/mol. The first-order chi connectivity index (χ1) is 11.3. The van der Waals surface area contributed by atoms with Crippen molar-refractivity contribution >= 4 is 32.5 Å². The number of aryl methyl sites for hydroxylation is 1. The number of aromatic nitrogens is 1. The fraction of sp³-hybridized carbons (Fsp3) is 0.412. The number of rotatable bonds is 3. The number of urea groups is 1. The van der Waals surface area contributed by atoms with E-state index in [0.29, 0.717) is 25.2 Å². The highest BCUT2D eigenvalue weighted by Crippen LogP contribution is 2.24. The fourth-order valence-electron chi connectivity index (χ4n) is 3.12. The van der Waals surface area contributed by atoms with E-state index in [9.17, 15) is 13.2 Å². The summed E-state index contributed by atoms with van der Waals surface area (Å²) in [6, 6.07) is 9.37. The Kier molecular flexibility index (Phi) is 4.45. The number of fused-ring (bicyclic) bond motifs is 1. The van der Waals surface area contributed by atoms with Gasteiger partial charge in [0, 0.05) is 30.4 Å². The molecule has 2 heterocycles. The summed E-state index contributed by atoms with van der Waals surface area (Å²) in [6.07, 6.45) is 1.95. The lowest BCUT2D eigenvalue weighted by atomic mass is 10.1. The van der Waals surface area contributed by atoms with Gasteiger partial charge in [-0.2, -0.15) is 0 Å². The highest BCUT2D eigenvalue weighted by atomic mass is 32.2. The normalized spacial score (nSPS) is 18.1. The topological polar surface area (TPSA) is 79.4 Å². The van der Waals surface area contributed by atoms with Crippen molar-refractivity contribution in [2.45, 2.75) is 13.3 Å². The van der Waals surface area contributed by atoms with E-state index >= 15 is 0 Å². The first-order valence-corrected chi connectivity index (χ1v) is 9.98. The van der Waals surface area contributed by atoms with Gasteiger partial charge in [0.05, 0.1) is 17.0 Å². The largest absolute Gasteiger partial charge is 0.324 e. The molecule has 6 nitrogen and oxygen atoms in total. The second-order valence-electron chi connectivity index (χ2n) is 6.45. The summed E-state index contributed by atoms with van der Waals surface area (Å²) in [6.45, 7) is 2.95. The minimum Gasteiger partial charge on any atom is -0.324 e. The number of anilines is 1. The number of nitrogens with one attached hydrogen (secondary N) is 1. The van der Waals surface area contributed by atoms with Gasteiger partial charge in [-0.05, 0) is 31.4 Å². The Bertz CT molecular complexity index is 880. The number of hydrogen-bond acceptors (Lipinski definition) is 4. The number of sulfone groups is 1. The fourth-order valence-corrected chi connectivity index (χ4v) is 4.25. The molecule has 128 valence electrons. The molecule has 1 N–H and O–H groups in total. The van der Waals surface area contributed by atoms with Crippen molar-refractivity contribution in [3.63, 3.8) is 0 Å². The number of benzene rings is 1. The van der Waals surface area contributed by atoms with Crippen LogP contribution in [0, 0.1) is 12.8 Å². The van der Waals surface area contributed by atoms with Crippen LogP contribution < -0.4 is 5.32 Å². The lowest BCUT2D eigenvalue weighted by Gasteiger charge is -2.18. The van der Waals surface area contributed by atoms with E-state index < -0.39 is 9.84 Å². The summed E-state index contributed by atoms with van der Waals surface area (Å²) >= 11 is 0. The number of carbonyl (C=O) groups excluding carboxylic acids is 1. The molecule has 1 atom stereocenters. The van der Waals surface area contributed by atoms with Gasteiger partial charge < -0.3 is 10.2 Å². The van der Waals surface area contributed by atoms with Crippen molar-refractivity contribution in [3.05, 3.63) is 36.0 Å². The van der Waals surface area contributed by atoms with Gasteiger partial charge >= 0.3 is 6.03 Å². The Morgan fingerprint density at radius 3 is 2.88 bits per heavy atom. The van der Waals surface area contributed by atoms with Crippen LogP contribution in [0.15, 0.2) is 30.3 Å². The van der Waals surface area contributed by atoms with Crippen LogP contribution in [0.4, 0.5) is 10.5 Å². The molecule has 3 rings (SSSR count). The van der Waals surface area contributed by atoms with Crippen LogP contribution in [0.2, 0.25) is 0 Å². The predicted octanol–water partition coefficient (Wildman–Crippen LogP) is 2.44. The highest BCUT2D eigenvalue weighted by molar-refractivity contribution is 7.90. The van der Waals surface area contributed by atoms with E-state index in [0.717, 1.165) is 16.6 Å². The van der Waals surface area contributed by atoms with Crippen molar-refractivity contribution in [1.29, 1.82) is 0 Å². The number of para-hydroxylation sites is 1. The van der Waals surface area contributed by atoms with Gasteiger partial charge in [-0.25, -0.2) is 13.2 Å². The summed E-state index contributed by atoms with van der Waals surface area (Å²) in [4.78, 5) is 18.7. The molecule has 2 aromatic rings. The molecule has 1 aromatic carbocycles. The summed E-state index contributed by atoms with van der Waals surface area (Å²) in [5, 5.41) is 3.88. The van der Waals surface area contributed by atoms with Crippen LogP contribution in [-0.4, -0.2) is 49.4 Å². The lowest BCUT2D eigenvalue weighted by Crippen LogP contribution is -2.33. The quantitative estimate of drug-likeness (QED) is 0.925. The molecule has 1 aliphatic heterocycles. The van der Waals surface area contributed by atoms with E-state index in [-0.39, 0.29) is 17.7 Å². The number of hydrogen-bond donors (Lipinski definition) is 1. The summed E-state index contributed by atoms with van der Waals surface area (Å²) in [5.41, 5.74) is 2.32. The van der Waals surface area contributed by atoms with Crippen molar-refractivity contribution in [2.24, 2.45) is 5.92 Å². The van der Waals surface area contributed by atoms with Crippen molar-refractivity contribution in [2.75, 3.05) is 30.4 Å². The Balaban J connectivity index is 1.73. The first-order valence-electron chi connectivity index (χ1n) is 7.92. The maximum absolute atomic E-state index is 12.5. The van der Waals surface area contributed by atoms with Gasteiger partial charge in [0.15, 0.2) is 0 Å². The van der Waals surface area contributed by atoms with E-state index in [1.54, 1.807) is 4.90 Å². The number of carbonyl (C=O) groups is 1. The van der Waals surface area contributed by atoms with E-state index in [2.05, 4.69) is 10.3 Å². The zero-order valence-electron chi connectivity index (χ0n) is 13.8. The van der Waals surface area contributed by atoms with E-state index in [4.69, 9.17) is 0 Å². The first kappa shape index (κ1) is 16.7. The molecule has 1 saturated heterocycles. The van der Waals surface area contributed by atoms with E-state index in [1.807, 2.05) is 37.3 Å². The minimum atomic E-state index is -3.02. The molecule has 1 unspecified atom stereocenters. The van der Waals surface area contributed by atoms with Crippen LogP contribution >= 0.6 is 0 Å². The number of likely N-dealkylation sites (tertiary alicyclic amines) is 1. The van der Waals surface area contributed by atoms with Gasteiger partial charge in [0.2, 0.25) is 0 Å². The molecule has 0 radical (unpaired) electrons. The summed E-state index contributed by atoms with van der Waals surface area (Å²) < 4.78 is 22.8. The second-order valence-corrected chi connectivity index (χ2v) is 8.64. The number of pyridine rings is 1. The third-order valence-corrected chi connectivity index (χ3v) is 5.29. The van der Waals surface area contributed by atoms with Crippen molar-refractivity contribution < 1.29 is 13.2 Å². The Labute approximate surface area is 141 Å². The minimum absolute atomic E-state index is 0.0126. The third-order valence-electron chi connectivity index (χ3n) is 4.21. The average Bonchev–Trinajstić information content (AvgIpc) is 2.94. The van der Waals surface area contributed by atoms with Crippen LogP contribution in [0.25, 0.3) is 10.9 Å². The summed E-state index contributed by atoms with van der Waals surface area (Å²) in [7, 11) is -3.02. The van der Waals surface area contributed by atoms with Crippen LogP contribution in [0.5, 0.6) is 0 Å². The van der Waals surface area contributed by atoms with Crippen LogP contribution in [0.1, 0.15) is 12.1 Å². The second kappa shape index (κ2) is 6.39. The molecule has 2 amide bonds. The Morgan fingerprint density at radius 1 is 1.33 bits per heavy atom. The molecule has 0 saturated carbocycles. The molecule has 24 heavy (non-hydrogen) atoms. The smallest absolute Gasteiger partial charge is 0.321 e. The van der Waals surface area contributed by atoms with Crippen LogP contribution in [0.3, 0.4) is 0 Å². The Morgan fingerprint density at radius 2 is 2.12 bits per heavy atom. The Hall–Kier alpha value is -2.15. The molecule has 0 aliphatic carbocycles. The zero-order valence-corrected chi connectivity index (χ0v) is 14.6. The lowest BCUT2D eigenvalue weighted by molar-refractivity contribution is 0.221. The van der Waals surface area contributed by atoms with Gasteiger partial charge in [-0.3, -0.25) is 4.98 Å². The van der Waals surface area contributed by atoms with Crippen molar-refractivity contribution in [3.8, 4) is 0 Å². The molecule has 1 aromatic heterocycles. The molecule has 1 aliphatic rings. The summed E-state index contributed by atoms with van der Waals surface area (Å²) in [5.74, 6) is 0.143. The maximum Gasteiger partial charge on any atom is 0.321 e. The SMILES string of the molecule is Cc1ccc2cccc(NC(=O)N3CCC(CS(C)(=O)=O)C3)c2n1. The molecule has 7 heteroatoms. The van der Waals surface area contributed by atoms with Gasteiger partial charge in [-0.15, -0.1) is 0 Å². The predicted molar refractivity (Wildman–Crippen MR) is 94.9 cm³/mol. The average molecular weight is 347 g/mol. The van der Waals surface area contributed by atoms with Gasteiger partial charge in [0.1, 0.15) is 9.84 Å². The molecular weight excluding hydrogens is 326 g/mol. The molecule has 0 spiro atoms. The number of nitrogens with zero attached hydrogens (tertiary/aromatic N) is 2. The van der Waals surface area contributed by atoms with Gasteiger partial charge in [0.25, 0.3) is 0 Å². The molecular formula is C17H21N3O3S. The maximum atomic E-state index is 12.5. The highest BCUT2D eigenvalue weighted by Gasteiger charge is 2.28. The van der Waals surface area contributed by atoms with Gasteiger partial charge in [-0.1, -0.05) is 18.2 Å².